The van der Waals surface area contributed by atoms with Gasteiger partial charge in [-0.25, -0.2) is 0 Å². The lowest BCUT2D eigenvalue weighted by atomic mass is 10.0. The second-order valence-electron chi connectivity index (χ2n) is 6.17. The molecule has 5 heteroatoms. The van der Waals surface area contributed by atoms with Crippen molar-refractivity contribution in [2.24, 2.45) is 0 Å². The molecule has 0 aliphatic heterocycles. The van der Waals surface area contributed by atoms with Gasteiger partial charge in [0.05, 0.1) is 30.6 Å². The normalized spacial score (nSPS) is 11.4. The third-order valence-electron chi connectivity index (χ3n) is 3.99. The Bertz CT molecular complexity index is 976. The molecule has 0 atom stereocenters. The van der Waals surface area contributed by atoms with Gasteiger partial charge >= 0.3 is 0 Å². The highest BCUT2D eigenvalue weighted by Crippen LogP contribution is 2.32. The zero-order valence-corrected chi connectivity index (χ0v) is 14.6. The Balaban J connectivity index is 2.36. The molecule has 0 unspecified atom stereocenters. The molecular weight excluding hydrogens is 326 g/mol. The minimum absolute atomic E-state index is 0.136. The van der Waals surface area contributed by atoms with Crippen molar-refractivity contribution in [1.82, 2.24) is 0 Å². The summed E-state index contributed by atoms with van der Waals surface area (Å²) in [7, 11) is 3.95. The number of benzene rings is 2. The molecule has 2 N–H and O–H groups in total. The van der Waals surface area contributed by atoms with E-state index in [0.29, 0.717) is 45.0 Å². The van der Waals surface area contributed by atoms with Crippen LogP contribution in [0.4, 0.5) is 0 Å². The molecule has 3 aromatic rings. The lowest BCUT2D eigenvalue weighted by Gasteiger charge is -2.13. The minimum atomic E-state index is -0.142. The van der Waals surface area contributed by atoms with Crippen LogP contribution in [-0.4, -0.2) is 19.2 Å². The van der Waals surface area contributed by atoms with Gasteiger partial charge in [0.1, 0.15) is 18.1 Å². The van der Waals surface area contributed by atoms with Gasteiger partial charge in [-0.15, -0.1) is 0 Å². The average Bonchev–Trinajstić information content (AvgIpc) is 2.52. The number of fused-ring (bicyclic) bond motifs is 1. The lowest BCUT2D eigenvalue weighted by Crippen LogP contribution is -3.04. The number of aromatic hydroxyl groups is 1. The first-order valence-electron chi connectivity index (χ1n) is 7.72. The van der Waals surface area contributed by atoms with Gasteiger partial charge in [0, 0.05) is 10.6 Å². The maximum Gasteiger partial charge on any atom is 0.200 e. The fourth-order valence-electron chi connectivity index (χ4n) is 2.91. The van der Waals surface area contributed by atoms with Crippen LogP contribution in [0.1, 0.15) is 11.3 Å². The summed E-state index contributed by atoms with van der Waals surface area (Å²) in [5, 5.41) is 11.1. The number of rotatable bonds is 3. The third kappa shape index (κ3) is 2.79. The average molecular weight is 345 g/mol. The monoisotopic (exact) mass is 344 g/mol. The van der Waals surface area contributed by atoms with Gasteiger partial charge in [-0.1, -0.05) is 29.8 Å². The lowest BCUT2D eigenvalue weighted by molar-refractivity contribution is -0.872. The Hall–Kier alpha value is -2.30. The molecule has 0 radical (unpaired) electrons. The predicted molar refractivity (Wildman–Crippen MR) is 95.8 cm³/mol. The smallest absolute Gasteiger partial charge is 0.200 e. The van der Waals surface area contributed by atoms with Crippen molar-refractivity contribution in [2.45, 2.75) is 13.5 Å². The zero-order valence-electron chi connectivity index (χ0n) is 13.8. The maximum absolute atomic E-state index is 13.0. The molecule has 0 bridgehead atoms. The quantitative estimate of drug-likeness (QED) is 0.768. The Morgan fingerprint density at radius 2 is 1.88 bits per heavy atom. The van der Waals surface area contributed by atoms with E-state index in [1.807, 2.05) is 26.2 Å². The van der Waals surface area contributed by atoms with E-state index < -0.39 is 0 Å². The largest absolute Gasteiger partial charge is 0.507 e. The van der Waals surface area contributed by atoms with Crippen LogP contribution < -0.4 is 10.3 Å². The van der Waals surface area contributed by atoms with Crippen molar-refractivity contribution in [2.75, 3.05) is 14.1 Å². The zero-order chi connectivity index (χ0) is 17.4. The van der Waals surface area contributed by atoms with Gasteiger partial charge in [-0.05, 0) is 25.1 Å². The summed E-state index contributed by atoms with van der Waals surface area (Å²) in [5.74, 6) is 0.623. The van der Waals surface area contributed by atoms with Crippen LogP contribution in [-0.2, 0) is 6.54 Å². The molecule has 2 aromatic carbocycles. The molecule has 0 saturated heterocycles. The number of phenols is 1. The first kappa shape index (κ1) is 16.6. The van der Waals surface area contributed by atoms with E-state index in [2.05, 4.69) is 0 Å². The predicted octanol–water partition coefficient (Wildman–Crippen LogP) is 2.77. The molecule has 1 aromatic heterocycles. The van der Waals surface area contributed by atoms with Crippen LogP contribution in [0.2, 0.25) is 5.02 Å². The molecule has 0 fully saturated rings. The number of nitrogens with one attached hydrogen (secondary N) is 1. The summed E-state index contributed by atoms with van der Waals surface area (Å²) in [5.41, 5.74) is 2.05. The molecule has 24 heavy (non-hydrogen) atoms. The Morgan fingerprint density at radius 1 is 1.17 bits per heavy atom. The van der Waals surface area contributed by atoms with E-state index in [0.717, 1.165) is 4.90 Å². The van der Waals surface area contributed by atoms with E-state index in [1.165, 1.54) is 0 Å². The second kappa shape index (κ2) is 6.30. The van der Waals surface area contributed by atoms with Crippen LogP contribution in [0.15, 0.2) is 45.6 Å². The van der Waals surface area contributed by atoms with E-state index in [-0.39, 0.29) is 11.2 Å². The van der Waals surface area contributed by atoms with Gasteiger partial charge < -0.3 is 14.4 Å². The van der Waals surface area contributed by atoms with Crippen LogP contribution >= 0.6 is 11.6 Å². The maximum atomic E-state index is 13.0. The van der Waals surface area contributed by atoms with Crippen molar-refractivity contribution < 1.29 is 14.4 Å². The van der Waals surface area contributed by atoms with Crippen LogP contribution in [0.25, 0.3) is 22.1 Å². The highest BCUT2D eigenvalue weighted by molar-refractivity contribution is 6.33. The SMILES string of the molecule is Cc1oc2c(C[NH+](C)C)c(O)ccc2c(=O)c1-c1ccccc1Cl. The number of hydrogen-bond donors (Lipinski definition) is 2. The Kier molecular flexibility index (Phi) is 4.35. The van der Waals surface area contributed by atoms with Gasteiger partial charge in [0.25, 0.3) is 0 Å². The molecule has 124 valence electrons. The van der Waals surface area contributed by atoms with Crippen molar-refractivity contribution in [3.8, 4) is 16.9 Å². The summed E-state index contributed by atoms with van der Waals surface area (Å²) >= 11 is 6.26. The molecule has 0 saturated carbocycles. The number of aryl methyl sites for hydroxylation is 1. The number of quaternary nitrogens is 1. The first-order chi connectivity index (χ1) is 11.4. The van der Waals surface area contributed by atoms with Gasteiger partial charge in [0.15, 0.2) is 5.58 Å². The molecule has 1 heterocycles. The van der Waals surface area contributed by atoms with Crippen molar-refractivity contribution in [3.05, 3.63) is 63.0 Å². The van der Waals surface area contributed by atoms with Crippen molar-refractivity contribution in [1.29, 1.82) is 0 Å². The van der Waals surface area contributed by atoms with E-state index in [9.17, 15) is 9.90 Å². The molecule has 0 amide bonds. The molecule has 0 aliphatic rings. The van der Waals surface area contributed by atoms with Crippen LogP contribution in [0, 0.1) is 6.92 Å². The van der Waals surface area contributed by atoms with Crippen molar-refractivity contribution >= 4 is 22.6 Å². The standard InChI is InChI=1S/C19H18ClNO3/c1-11-17(12-6-4-5-7-15(12)20)18(23)13-8-9-16(22)14(10-21(2)3)19(13)24-11/h4-9,22H,10H2,1-3H3/p+1. The van der Waals surface area contributed by atoms with E-state index in [1.54, 1.807) is 31.2 Å². The Morgan fingerprint density at radius 3 is 2.54 bits per heavy atom. The Labute approximate surface area is 144 Å². The fraction of sp³-hybridized carbons (Fsp3) is 0.211. The minimum Gasteiger partial charge on any atom is -0.507 e. The van der Waals surface area contributed by atoms with E-state index >= 15 is 0 Å². The summed E-state index contributed by atoms with van der Waals surface area (Å²) in [6, 6.07) is 10.4. The summed E-state index contributed by atoms with van der Waals surface area (Å²) in [6.07, 6.45) is 0. The first-order valence-corrected chi connectivity index (χ1v) is 8.10. The number of phenolic OH excluding ortho intramolecular Hbond substituents is 1. The number of halogens is 1. The second-order valence-corrected chi connectivity index (χ2v) is 6.57. The van der Waals surface area contributed by atoms with Crippen LogP contribution in [0.5, 0.6) is 5.75 Å². The molecule has 4 nitrogen and oxygen atoms in total. The molecule has 0 spiro atoms. The number of hydrogen-bond acceptors (Lipinski definition) is 3. The summed E-state index contributed by atoms with van der Waals surface area (Å²) in [6.45, 7) is 2.30. The molecular formula is C19H19ClNO3+. The highest BCUT2D eigenvalue weighted by Gasteiger charge is 2.20. The highest BCUT2D eigenvalue weighted by atomic mass is 35.5. The fourth-order valence-corrected chi connectivity index (χ4v) is 3.14. The van der Waals surface area contributed by atoms with Gasteiger partial charge in [-0.2, -0.15) is 0 Å². The van der Waals surface area contributed by atoms with Gasteiger partial charge in [0.2, 0.25) is 5.43 Å². The third-order valence-corrected chi connectivity index (χ3v) is 4.32. The molecule has 3 rings (SSSR count). The topological polar surface area (TPSA) is 54.9 Å². The summed E-state index contributed by atoms with van der Waals surface area (Å²) in [4.78, 5) is 14.2. The van der Waals surface area contributed by atoms with Crippen LogP contribution in [0.3, 0.4) is 0 Å². The summed E-state index contributed by atoms with van der Waals surface area (Å²) < 4.78 is 5.96. The van der Waals surface area contributed by atoms with Gasteiger partial charge in [-0.3, -0.25) is 4.79 Å². The molecule has 0 aliphatic carbocycles. The van der Waals surface area contributed by atoms with E-state index in [4.69, 9.17) is 16.0 Å². The van der Waals surface area contributed by atoms with Crippen molar-refractivity contribution in [3.63, 3.8) is 0 Å².